The van der Waals surface area contributed by atoms with Crippen molar-refractivity contribution in [2.45, 2.75) is 18.1 Å². The van der Waals surface area contributed by atoms with Crippen LogP contribution in [0.15, 0.2) is 27.7 Å². The van der Waals surface area contributed by atoms with Crippen LogP contribution in [0.25, 0.3) is 0 Å². The van der Waals surface area contributed by atoms with Crippen molar-refractivity contribution in [1.82, 2.24) is 0 Å². The van der Waals surface area contributed by atoms with Crippen LogP contribution in [-0.2, 0) is 15.0 Å². The van der Waals surface area contributed by atoms with E-state index in [1.54, 1.807) is 0 Å². The standard InChI is InChI=1S/C14H15BrN2O3/c15-8-1-2-11-9(5-8)14(7-19-13(16)17-14)10-6-18-4-3-12(10)20-11/h1-2,5,10,12H,3-4,6-7H2,(H2,16,17)/t10-,12-,14+/m0/s1. The maximum Gasteiger partial charge on any atom is 0.283 e. The Morgan fingerprint density at radius 2 is 2.30 bits per heavy atom. The summed E-state index contributed by atoms with van der Waals surface area (Å²) >= 11 is 3.52. The summed E-state index contributed by atoms with van der Waals surface area (Å²) in [6.07, 6.45) is 0.979. The molecule has 3 aliphatic rings. The Morgan fingerprint density at radius 3 is 3.10 bits per heavy atom. The monoisotopic (exact) mass is 338 g/mol. The highest BCUT2D eigenvalue weighted by Gasteiger charge is 2.54. The van der Waals surface area contributed by atoms with Gasteiger partial charge in [0.15, 0.2) is 0 Å². The average molecular weight is 339 g/mol. The predicted octanol–water partition coefficient (Wildman–Crippen LogP) is 1.79. The molecule has 0 aliphatic carbocycles. The van der Waals surface area contributed by atoms with E-state index >= 15 is 0 Å². The first-order valence-corrected chi connectivity index (χ1v) is 7.51. The quantitative estimate of drug-likeness (QED) is 0.783. The molecular weight excluding hydrogens is 324 g/mol. The lowest BCUT2D eigenvalue weighted by molar-refractivity contribution is -0.0726. The zero-order valence-electron chi connectivity index (χ0n) is 10.8. The minimum absolute atomic E-state index is 0.107. The summed E-state index contributed by atoms with van der Waals surface area (Å²) in [4.78, 5) is 4.64. The molecule has 6 heteroatoms. The number of amidine groups is 1. The summed E-state index contributed by atoms with van der Waals surface area (Å²) in [5, 5.41) is 0. The van der Waals surface area contributed by atoms with Crippen LogP contribution in [-0.4, -0.2) is 31.9 Å². The van der Waals surface area contributed by atoms with Gasteiger partial charge in [-0.1, -0.05) is 15.9 Å². The maximum atomic E-state index is 6.15. The van der Waals surface area contributed by atoms with Gasteiger partial charge in [0, 0.05) is 16.5 Å². The Balaban J connectivity index is 1.91. The van der Waals surface area contributed by atoms with Crippen molar-refractivity contribution in [3.05, 3.63) is 28.2 Å². The summed E-state index contributed by atoms with van der Waals surface area (Å²) in [6, 6.07) is 6.26. The van der Waals surface area contributed by atoms with Crippen molar-refractivity contribution in [2.75, 3.05) is 19.8 Å². The van der Waals surface area contributed by atoms with Crippen LogP contribution in [0.5, 0.6) is 5.75 Å². The van der Waals surface area contributed by atoms with E-state index in [4.69, 9.17) is 19.9 Å². The normalized spacial score (nSPS) is 34.8. The van der Waals surface area contributed by atoms with Crippen molar-refractivity contribution in [3.8, 4) is 5.75 Å². The molecule has 5 nitrogen and oxygen atoms in total. The van der Waals surface area contributed by atoms with E-state index in [1.807, 2.05) is 18.2 Å². The number of halogens is 1. The maximum absolute atomic E-state index is 6.15. The zero-order chi connectivity index (χ0) is 13.7. The van der Waals surface area contributed by atoms with Gasteiger partial charge in [-0.25, -0.2) is 4.99 Å². The lowest BCUT2D eigenvalue weighted by atomic mass is 9.73. The van der Waals surface area contributed by atoms with Gasteiger partial charge in [-0.3, -0.25) is 0 Å². The van der Waals surface area contributed by atoms with Gasteiger partial charge in [0.05, 0.1) is 19.1 Å². The highest BCUT2D eigenvalue weighted by atomic mass is 79.9. The SMILES string of the molecule is NC1=N[C@]2(CO1)c1cc(Br)ccc1O[C@H]1CCOC[C@@H]12. The van der Waals surface area contributed by atoms with Gasteiger partial charge in [0.2, 0.25) is 0 Å². The highest BCUT2D eigenvalue weighted by molar-refractivity contribution is 9.10. The molecule has 1 spiro atoms. The third kappa shape index (κ3) is 1.67. The minimum Gasteiger partial charge on any atom is -0.489 e. The molecule has 0 aromatic heterocycles. The number of nitrogens with zero attached hydrogens (tertiary/aromatic N) is 1. The fraction of sp³-hybridized carbons (Fsp3) is 0.500. The molecule has 0 bridgehead atoms. The summed E-state index contributed by atoms with van der Waals surface area (Å²) in [6.45, 7) is 1.80. The Kier molecular flexibility index (Phi) is 2.72. The first kappa shape index (κ1) is 12.5. The van der Waals surface area contributed by atoms with Crippen LogP contribution in [0, 0.1) is 5.92 Å². The van der Waals surface area contributed by atoms with Crippen LogP contribution in [0.1, 0.15) is 12.0 Å². The van der Waals surface area contributed by atoms with Crippen molar-refractivity contribution in [2.24, 2.45) is 16.6 Å². The molecule has 1 saturated heterocycles. The third-order valence-corrected chi connectivity index (χ3v) is 4.84. The Hall–Kier alpha value is -1.27. The van der Waals surface area contributed by atoms with Gasteiger partial charge in [0.25, 0.3) is 6.02 Å². The number of nitrogens with two attached hydrogens (primary N) is 1. The number of ether oxygens (including phenoxy) is 3. The molecule has 0 unspecified atom stereocenters. The molecule has 3 heterocycles. The molecule has 0 radical (unpaired) electrons. The van der Waals surface area contributed by atoms with E-state index in [9.17, 15) is 0 Å². The smallest absolute Gasteiger partial charge is 0.283 e. The number of hydrogen-bond acceptors (Lipinski definition) is 5. The molecule has 20 heavy (non-hydrogen) atoms. The second-order valence-corrected chi connectivity index (χ2v) is 6.35. The lowest BCUT2D eigenvalue weighted by Gasteiger charge is -2.45. The Morgan fingerprint density at radius 1 is 1.40 bits per heavy atom. The topological polar surface area (TPSA) is 66.1 Å². The van der Waals surface area contributed by atoms with E-state index in [1.165, 1.54) is 0 Å². The van der Waals surface area contributed by atoms with Gasteiger partial charge in [-0.15, -0.1) is 0 Å². The molecule has 1 fully saturated rings. The lowest BCUT2D eigenvalue weighted by Crippen LogP contribution is -2.52. The van der Waals surface area contributed by atoms with E-state index in [-0.39, 0.29) is 18.0 Å². The van der Waals surface area contributed by atoms with Crippen LogP contribution < -0.4 is 10.5 Å². The van der Waals surface area contributed by atoms with E-state index in [0.717, 1.165) is 28.8 Å². The van der Waals surface area contributed by atoms with Crippen molar-refractivity contribution >= 4 is 22.0 Å². The van der Waals surface area contributed by atoms with Gasteiger partial charge >= 0.3 is 0 Å². The van der Waals surface area contributed by atoms with Gasteiger partial charge in [0.1, 0.15) is 24.0 Å². The zero-order valence-corrected chi connectivity index (χ0v) is 12.4. The average Bonchev–Trinajstić information content (AvgIpc) is 2.84. The fourth-order valence-electron chi connectivity index (χ4n) is 3.38. The number of hydrogen-bond donors (Lipinski definition) is 1. The number of fused-ring (bicyclic) bond motifs is 4. The minimum atomic E-state index is -0.480. The second kappa shape index (κ2) is 4.36. The summed E-state index contributed by atoms with van der Waals surface area (Å²) in [5.74, 6) is 1.01. The van der Waals surface area contributed by atoms with Crippen LogP contribution >= 0.6 is 15.9 Å². The summed E-state index contributed by atoms with van der Waals surface area (Å²) in [5.41, 5.74) is 6.34. The van der Waals surface area contributed by atoms with Gasteiger partial charge in [-0.2, -0.15) is 0 Å². The largest absolute Gasteiger partial charge is 0.489 e. The fourth-order valence-corrected chi connectivity index (χ4v) is 3.75. The summed E-state index contributed by atoms with van der Waals surface area (Å²) < 4.78 is 18.3. The van der Waals surface area contributed by atoms with Crippen molar-refractivity contribution in [3.63, 3.8) is 0 Å². The number of rotatable bonds is 0. The van der Waals surface area contributed by atoms with Crippen LogP contribution in [0.3, 0.4) is 0 Å². The van der Waals surface area contributed by atoms with E-state index in [0.29, 0.717) is 13.2 Å². The van der Waals surface area contributed by atoms with Crippen LogP contribution in [0.2, 0.25) is 0 Å². The molecular formula is C14H15BrN2O3. The molecule has 0 amide bonds. The van der Waals surface area contributed by atoms with Crippen molar-refractivity contribution < 1.29 is 14.2 Å². The van der Waals surface area contributed by atoms with Crippen LogP contribution in [0.4, 0.5) is 0 Å². The summed E-state index contributed by atoms with van der Waals surface area (Å²) in [7, 11) is 0. The van der Waals surface area contributed by atoms with Gasteiger partial charge < -0.3 is 19.9 Å². The molecule has 3 aliphatic heterocycles. The molecule has 4 rings (SSSR count). The molecule has 0 saturated carbocycles. The molecule has 106 valence electrons. The molecule has 1 aromatic carbocycles. The molecule has 1 aromatic rings. The third-order valence-electron chi connectivity index (χ3n) is 4.34. The Labute approximate surface area is 125 Å². The first-order valence-electron chi connectivity index (χ1n) is 6.71. The Bertz CT molecular complexity index is 592. The van der Waals surface area contributed by atoms with Crippen molar-refractivity contribution in [1.29, 1.82) is 0 Å². The first-order chi connectivity index (χ1) is 9.69. The number of benzene rings is 1. The molecule has 2 N–H and O–H groups in total. The van der Waals surface area contributed by atoms with E-state index < -0.39 is 5.54 Å². The molecule has 3 atom stereocenters. The van der Waals surface area contributed by atoms with Gasteiger partial charge in [-0.05, 0) is 18.2 Å². The second-order valence-electron chi connectivity index (χ2n) is 5.43. The predicted molar refractivity (Wildman–Crippen MR) is 76.7 cm³/mol. The van der Waals surface area contributed by atoms with E-state index in [2.05, 4.69) is 20.9 Å². The highest BCUT2D eigenvalue weighted by Crippen LogP contribution is 2.50. The number of aliphatic imine (C=N–C) groups is 1.